The van der Waals surface area contributed by atoms with Gasteiger partial charge in [-0.1, -0.05) is 35.9 Å². The maximum Gasteiger partial charge on any atom is 0.264 e. The Labute approximate surface area is 143 Å². The van der Waals surface area contributed by atoms with Crippen LogP contribution in [0.5, 0.6) is 0 Å². The van der Waals surface area contributed by atoms with Gasteiger partial charge < -0.3 is 15.0 Å². The Morgan fingerprint density at radius 1 is 1.21 bits per heavy atom. The molecule has 5 nitrogen and oxygen atoms in total. The number of carbonyl (C=O) groups excluding carboxylic acids is 1. The molecule has 2 aromatic carbocycles. The largest absolute Gasteiger partial charge is 0.392 e. The molecule has 0 spiro atoms. The first-order chi connectivity index (χ1) is 11.5. The van der Waals surface area contributed by atoms with E-state index in [2.05, 4.69) is 4.98 Å². The lowest BCUT2D eigenvalue weighted by Crippen LogP contribution is -2.33. The van der Waals surface area contributed by atoms with Crippen LogP contribution in [0, 0.1) is 0 Å². The summed E-state index contributed by atoms with van der Waals surface area (Å²) in [6, 6.07) is 13.9. The molecule has 24 heavy (non-hydrogen) atoms. The van der Waals surface area contributed by atoms with Crippen molar-refractivity contribution in [1.82, 2.24) is 4.98 Å². The fourth-order valence-corrected chi connectivity index (χ4v) is 2.84. The Bertz CT molecular complexity index is 967. The zero-order chi connectivity index (χ0) is 17.3. The second kappa shape index (κ2) is 6.47. The lowest BCUT2D eigenvalue weighted by atomic mass is 10.0. The number of hydrogen-bond donors (Lipinski definition) is 2. The van der Waals surface area contributed by atoms with Crippen molar-refractivity contribution in [2.75, 3.05) is 11.9 Å². The van der Waals surface area contributed by atoms with Crippen molar-refractivity contribution in [1.29, 1.82) is 0 Å². The first-order valence-electron chi connectivity index (χ1n) is 7.31. The highest BCUT2D eigenvalue weighted by atomic mass is 35.5. The Hall–Kier alpha value is -2.63. The molecule has 0 unspecified atom stereocenters. The van der Waals surface area contributed by atoms with Gasteiger partial charge in [0, 0.05) is 28.7 Å². The maximum atomic E-state index is 12.8. The van der Waals surface area contributed by atoms with E-state index in [-0.39, 0.29) is 11.1 Å². The molecule has 0 saturated heterocycles. The zero-order valence-electron chi connectivity index (χ0n) is 12.9. The average molecular weight is 343 g/mol. The molecule has 0 aliphatic heterocycles. The number of nitrogens with zero attached hydrogens (tertiary/aromatic N) is 1. The van der Waals surface area contributed by atoms with Crippen LogP contribution < -0.4 is 10.5 Å². The highest BCUT2D eigenvalue weighted by molar-refractivity contribution is 6.31. The number of aliphatic hydroxyl groups is 1. The summed E-state index contributed by atoms with van der Waals surface area (Å²) in [5, 5.41) is 10.8. The number of aliphatic hydroxyl groups excluding tert-OH is 1. The number of fused-ring (bicyclic) bond motifs is 1. The Balaban J connectivity index is 2.18. The summed E-state index contributed by atoms with van der Waals surface area (Å²) < 4.78 is 0. The smallest absolute Gasteiger partial charge is 0.264 e. The lowest BCUT2D eigenvalue weighted by molar-refractivity contribution is 0.0988. The third-order valence-electron chi connectivity index (χ3n) is 3.90. The van der Waals surface area contributed by atoms with Crippen LogP contribution in [0.3, 0.4) is 0 Å². The first kappa shape index (κ1) is 16.2. The van der Waals surface area contributed by atoms with E-state index in [1.165, 1.54) is 4.90 Å². The van der Waals surface area contributed by atoms with E-state index in [4.69, 9.17) is 11.6 Å². The summed E-state index contributed by atoms with van der Waals surface area (Å²) in [6.07, 6.45) is 0. The SMILES string of the molecule is CN(C(=O)c1c(CO)c2ccc(Cl)cc2[nH]c1=O)c1ccccc1. The van der Waals surface area contributed by atoms with Gasteiger partial charge in [0.2, 0.25) is 0 Å². The van der Waals surface area contributed by atoms with Gasteiger partial charge >= 0.3 is 0 Å². The molecule has 1 heterocycles. The van der Waals surface area contributed by atoms with Crippen molar-refractivity contribution in [2.24, 2.45) is 0 Å². The summed E-state index contributed by atoms with van der Waals surface area (Å²) in [5.74, 6) is -0.483. The fraction of sp³-hybridized carbons (Fsp3) is 0.111. The number of anilines is 1. The Kier molecular flexibility index (Phi) is 4.38. The maximum absolute atomic E-state index is 12.8. The summed E-state index contributed by atoms with van der Waals surface area (Å²) in [5.41, 5.74) is 0.802. The summed E-state index contributed by atoms with van der Waals surface area (Å²) >= 11 is 5.94. The number of benzene rings is 2. The molecule has 2 N–H and O–H groups in total. The second-order valence-corrected chi connectivity index (χ2v) is 5.79. The molecule has 3 rings (SSSR count). The highest BCUT2D eigenvalue weighted by Crippen LogP contribution is 2.23. The minimum Gasteiger partial charge on any atom is -0.392 e. The van der Waals surface area contributed by atoms with Gasteiger partial charge in [-0.05, 0) is 24.3 Å². The van der Waals surface area contributed by atoms with Crippen LogP contribution >= 0.6 is 11.6 Å². The molecule has 0 radical (unpaired) electrons. The van der Waals surface area contributed by atoms with Gasteiger partial charge in [0.05, 0.1) is 12.1 Å². The number of rotatable bonds is 3. The molecule has 0 aliphatic carbocycles. The Morgan fingerprint density at radius 2 is 1.92 bits per heavy atom. The van der Waals surface area contributed by atoms with E-state index in [1.807, 2.05) is 6.07 Å². The number of hydrogen-bond acceptors (Lipinski definition) is 3. The van der Waals surface area contributed by atoms with E-state index in [0.29, 0.717) is 21.6 Å². The van der Waals surface area contributed by atoms with Gasteiger partial charge in [-0.2, -0.15) is 0 Å². The zero-order valence-corrected chi connectivity index (χ0v) is 13.7. The van der Waals surface area contributed by atoms with E-state index >= 15 is 0 Å². The number of H-pyrrole nitrogens is 1. The van der Waals surface area contributed by atoms with Crippen molar-refractivity contribution >= 4 is 34.1 Å². The summed E-state index contributed by atoms with van der Waals surface area (Å²) in [4.78, 5) is 29.3. The molecule has 1 aromatic heterocycles. The number of carbonyl (C=O) groups is 1. The lowest BCUT2D eigenvalue weighted by Gasteiger charge is -2.19. The summed E-state index contributed by atoms with van der Waals surface area (Å²) in [7, 11) is 1.59. The number of pyridine rings is 1. The third-order valence-corrected chi connectivity index (χ3v) is 4.14. The van der Waals surface area contributed by atoms with Gasteiger partial charge in [0.15, 0.2) is 0 Å². The van der Waals surface area contributed by atoms with E-state index < -0.39 is 18.1 Å². The minimum absolute atomic E-state index is 0.0707. The summed E-state index contributed by atoms with van der Waals surface area (Å²) in [6.45, 7) is -0.425. The molecule has 0 saturated carbocycles. The number of halogens is 1. The van der Waals surface area contributed by atoms with Crippen molar-refractivity contribution < 1.29 is 9.90 Å². The molecule has 0 atom stereocenters. The van der Waals surface area contributed by atoms with Crippen LogP contribution in [0.25, 0.3) is 10.9 Å². The fourth-order valence-electron chi connectivity index (χ4n) is 2.67. The van der Waals surface area contributed by atoms with Crippen molar-refractivity contribution in [3.05, 3.63) is 75.0 Å². The third kappa shape index (κ3) is 2.79. The molecular formula is C18H15ClN2O3. The van der Waals surface area contributed by atoms with Crippen LogP contribution in [0.2, 0.25) is 5.02 Å². The van der Waals surface area contributed by atoms with Crippen LogP contribution in [0.4, 0.5) is 5.69 Å². The number of para-hydroxylation sites is 1. The Morgan fingerprint density at radius 3 is 2.58 bits per heavy atom. The number of amides is 1. The predicted molar refractivity (Wildman–Crippen MR) is 94.7 cm³/mol. The molecule has 1 amide bonds. The van der Waals surface area contributed by atoms with Gasteiger partial charge in [0.25, 0.3) is 11.5 Å². The molecule has 3 aromatic rings. The van der Waals surface area contributed by atoms with Gasteiger partial charge in [0.1, 0.15) is 5.56 Å². The average Bonchev–Trinajstić information content (AvgIpc) is 2.59. The molecule has 122 valence electrons. The van der Waals surface area contributed by atoms with Crippen molar-refractivity contribution in [3.8, 4) is 0 Å². The number of nitrogens with one attached hydrogen (secondary N) is 1. The van der Waals surface area contributed by atoms with Crippen molar-refractivity contribution in [2.45, 2.75) is 6.61 Å². The van der Waals surface area contributed by atoms with Crippen molar-refractivity contribution in [3.63, 3.8) is 0 Å². The molecule has 6 heteroatoms. The van der Waals surface area contributed by atoms with Gasteiger partial charge in [-0.25, -0.2) is 0 Å². The van der Waals surface area contributed by atoms with Gasteiger partial charge in [-0.15, -0.1) is 0 Å². The van der Waals surface area contributed by atoms with Gasteiger partial charge in [-0.3, -0.25) is 9.59 Å². The van der Waals surface area contributed by atoms with Crippen LogP contribution in [0.15, 0.2) is 53.3 Å². The van der Waals surface area contributed by atoms with E-state index in [9.17, 15) is 14.7 Å². The van der Waals surface area contributed by atoms with Crippen LogP contribution in [-0.4, -0.2) is 23.0 Å². The highest BCUT2D eigenvalue weighted by Gasteiger charge is 2.22. The van der Waals surface area contributed by atoms with E-state index in [1.54, 1.807) is 49.5 Å². The topological polar surface area (TPSA) is 73.4 Å². The van der Waals surface area contributed by atoms with Crippen LogP contribution in [0.1, 0.15) is 15.9 Å². The quantitative estimate of drug-likeness (QED) is 0.768. The molecule has 0 bridgehead atoms. The molecular weight excluding hydrogens is 328 g/mol. The first-order valence-corrected chi connectivity index (χ1v) is 7.69. The van der Waals surface area contributed by atoms with E-state index in [0.717, 1.165) is 0 Å². The predicted octanol–water partition coefficient (Wildman–Crippen LogP) is 2.95. The number of aromatic amines is 1. The monoisotopic (exact) mass is 342 g/mol. The minimum atomic E-state index is -0.554. The normalized spacial score (nSPS) is 10.8. The second-order valence-electron chi connectivity index (χ2n) is 5.36. The molecule has 0 aliphatic rings. The standard InChI is InChI=1S/C18H15ClN2O3/c1-21(12-5-3-2-4-6-12)18(24)16-14(10-22)13-8-7-11(19)9-15(13)20-17(16)23/h2-9,22H,10H2,1H3,(H,20,23). The van der Waals surface area contributed by atoms with Crippen LogP contribution in [-0.2, 0) is 6.61 Å². The number of aromatic nitrogens is 1. The molecule has 0 fully saturated rings.